The van der Waals surface area contributed by atoms with E-state index < -0.39 is 5.41 Å². The summed E-state index contributed by atoms with van der Waals surface area (Å²) in [5, 5.41) is 19.6. The van der Waals surface area contributed by atoms with E-state index in [1.165, 1.54) is 0 Å². The number of hydrogen-bond donors (Lipinski definition) is 0. The lowest BCUT2D eigenvalue weighted by Crippen LogP contribution is -2.41. The summed E-state index contributed by atoms with van der Waals surface area (Å²) in [7, 11) is 0. The maximum Gasteiger partial charge on any atom is 0.158 e. The fourth-order valence-electron chi connectivity index (χ4n) is 6.77. The Labute approximate surface area is 125 Å². The molecule has 0 aromatic rings. The first-order valence-electron chi connectivity index (χ1n) is 7.90. The van der Waals surface area contributed by atoms with Crippen molar-refractivity contribution >= 4 is 5.78 Å². The quantitative estimate of drug-likeness (QED) is 0.739. The first-order chi connectivity index (χ1) is 9.83. The van der Waals surface area contributed by atoms with Gasteiger partial charge < -0.3 is 0 Å². The number of rotatable bonds is 1. The molecule has 0 aliphatic heterocycles. The van der Waals surface area contributed by atoms with Crippen LogP contribution >= 0.6 is 0 Å². The largest absolute Gasteiger partial charge is 0.295 e. The summed E-state index contributed by atoms with van der Waals surface area (Å²) in [6.07, 6.45) is 5.25. The Morgan fingerprint density at radius 3 is 2.38 bits per heavy atom. The lowest BCUT2D eigenvalue weighted by molar-refractivity contribution is -0.114. The van der Waals surface area contributed by atoms with E-state index in [4.69, 9.17) is 0 Å². The minimum absolute atomic E-state index is 0.0444. The van der Waals surface area contributed by atoms with Crippen LogP contribution in [0.5, 0.6) is 0 Å². The lowest BCUT2D eigenvalue weighted by Gasteiger charge is -2.45. The highest BCUT2D eigenvalue weighted by Crippen LogP contribution is 2.95. The van der Waals surface area contributed by atoms with Gasteiger partial charge in [-0.15, -0.1) is 0 Å². The predicted octanol–water partition coefficient (Wildman–Crippen LogP) is 3.38. The summed E-state index contributed by atoms with van der Waals surface area (Å²) in [6, 6.07) is 4.77. The standard InChI is InChI=1S/C18H20N2O/c1-15(2)13-6-7-16(15,3)18(11-4-5-12(21)8-11)14(13)17(18,9-19)10-20/h8,13-14H,4-7H2,1-3H3. The van der Waals surface area contributed by atoms with E-state index in [0.717, 1.165) is 24.8 Å². The van der Waals surface area contributed by atoms with Crippen molar-refractivity contribution in [1.29, 1.82) is 10.5 Å². The zero-order chi connectivity index (χ0) is 15.3. The summed E-state index contributed by atoms with van der Waals surface area (Å²) in [6.45, 7) is 6.87. The maximum absolute atomic E-state index is 11.8. The van der Waals surface area contributed by atoms with Gasteiger partial charge in [0.15, 0.2) is 11.2 Å². The maximum atomic E-state index is 11.8. The van der Waals surface area contributed by atoms with Gasteiger partial charge in [0.25, 0.3) is 0 Å². The minimum atomic E-state index is -0.894. The topological polar surface area (TPSA) is 64.7 Å². The van der Waals surface area contributed by atoms with Crippen LogP contribution in [0.4, 0.5) is 0 Å². The molecule has 0 aromatic carbocycles. The van der Waals surface area contributed by atoms with Crippen LogP contribution in [0.25, 0.3) is 0 Å². The van der Waals surface area contributed by atoms with Crippen molar-refractivity contribution in [2.75, 3.05) is 0 Å². The SMILES string of the molecule is CC1(C)C2CCC1(C)C1(C3=CC(=O)CC3)C2C1(C#N)C#N. The van der Waals surface area contributed by atoms with Crippen LogP contribution in [0.2, 0.25) is 0 Å². The molecule has 0 heterocycles. The third kappa shape index (κ3) is 0.943. The first kappa shape index (κ1) is 13.1. The highest BCUT2D eigenvalue weighted by Gasteiger charge is 2.95. The van der Waals surface area contributed by atoms with Gasteiger partial charge in [-0.3, -0.25) is 4.79 Å². The monoisotopic (exact) mass is 280 g/mol. The van der Waals surface area contributed by atoms with E-state index >= 15 is 0 Å². The van der Waals surface area contributed by atoms with Crippen LogP contribution in [0.1, 0.15) is 46.5 Å². The molecule has 3 fully saturated rings. The number of hydrogen-bond acceptors (Lipinski definition) is 3. The Balaban J connectivity index is 1.99. The van der Waals surface area contributed by atoms with Crippen LogP contribution in [-0.2, 0) is 4.79 Å². The van der Waals surface area contributed by atoms with Gasteiger partial charge in [-0.1, -0.05) is 26.3 Å². The van der Waals surface area contributed by atoms with Gasteiger partial charge in [0.1, 0.15) is 0 Å². The van der Waals surface area contributed by atoms with E-state index in [1.807, 2.05) is 0 Å². The second-order valence-corrected chi connectivity index (χ2v) is 8.15. The molecule has 3 heteroatoms. The second kappa shape index (κ2) is 3.25. The molecule has 4 aliphatic rings. The van der Waals surface area contributed by atoms with Gasteiger partial charge in [-0.2, -0.15) is 10.5 Å². The Bertz CT molecular complexity index is 675. The van der Waals surface area contributed by atoms with Crippen LogP contribution < -0.4 is 0 Å². The van der Waals surface area contributed by atoms with Crippen molar-refractivity contribution in [3.63, 3.8) is 0 Å². The molecule has 0 spiro atoms. The Hall–Kier alpha value is -1.61. The van der Waals surface area contributed by atoms with Crippen molar-refractivity contribution in [2.45, 2.75) is 46.5 Å². The van der Waals surface area contributed by atoms with Crippen LogP contribution in [0, 0.1) is 56.2 Å². The first-order valence-corrected chi connectivity index (χ1v) is 7.90. The highest BCUT2D eigenvalue weighted by molar-refractivity contribution is 5.94. The molecule has 4 rings (SSSR count). The molecule has 21 heavy (non-hydrogen) atoms. The van der Waals surface area contributed by atoms with Gasteiger partial charge in [0.2, 0.25) is 0 Å². The summed E-state index contributed by atoms with van der Waals surface area (Å²) in [5.41, 5.74) is -0.0476. The lowest BCUT2D eigenvalue weighted by atomic mass is 9.57. The van der Waals surface area contributed by atoms with Crippen molar-refractivity contribution in [2.24, 2.45) is 33.5 Å². The molecule has 0 saturated heterocycles. The number of carbonyl (C=O) groups excluding carboxylic acids is 1. The van der Waals surface area contributed by atoms with Gasteiger partial charge in [-0.05, 0) is 42.1 Å². The molecule has 4 atom stereocenters. The predicted molar refractivity (Wildman–Crippen MR) is 76.5 cm³/mol. The van der Waals surface area contributed by atoms with E-state index in [-0.39, 0.29) is 27.9 Å². The van der Waals surface area contributed by atoms with Crippen LogP contribution in [0.3, 0.4) is 0 Å². The third-order valence-electron chi connectivity index (χ3n) is 7.88. The normalized spacial score (nSPS) is 47.5. The van der Waals surface area contributed by atoms with Crippen molar-refractivity contribution < 1.29 is 4.79 Å². The fourth-order valence-corrected chi connectivity index (χ4v) is 6.77. The Morgan fingerprint density at radius 1 is 1.19 bits per heavy atom. The molecule has 3 saturated carbocycles. The fraction of sp³-hybridized carbons (Fsp3) is 0.722. The smallest absolute Gasteiger partial charge is 0.158 e. The van der Waals surface area contributed by atoms with Crippen molar-refractivity contribution in [3.8, 4) is 12.1 Å². The average molecular weight is 280 g/mol. The van der Waals surface area contributed by atoms with Crippen molar-refractivity contribution in [1.82, 2.24) is 0 Å². The molecule has 0 aromatic heterocycles. The number of allylic oxidation sites excluding steroid dienone is 2. The molecule has 3 nitrogen and oxygen atoms in total. The summed E-state index contributed by atoms with van der Waals surface area (Å²) < 4.78 is 0. The second-order valence-electron chi connectivity index (χ2n) is 8.15. The van der Waals surface area contributed by atoms with Gasteiger partial charge in [0, 0.05) is 17.8 Å². The molecule has 108 valence electrons. The minimum Gasteiger partial charge on any atom is -0.295 e. The van der Waals surface area contributed by atoms with E-state index in [9.17, 15) is 15.3 Å². The highest BCUT2D eigenvalue weighted by atomic mass is 16.1. The number of carbonyl (C=O) groups is 1. The molecular formula is C18H20N2O. The van der Waals surface area contributed by atoms with E-state index in [0.29, 0.717) is 12.3 Å². The molecule has 0 radical (unpaired) electrons. The molecule has 0 amide bonds. The molecule has 2 bridgehead atoms. The summed E-state index contributed by atoms with van der Waals surface area (Å²) >= 11 is 0. The zero-order valence-electron chi connectivity index (χ0n) is 12.9. The Kier molecular flexibility index (Phi) is 2.02. The third-order valence-corrected chi connectivity index (χ3v) is 7.88. The Morgan fingerprint density at radius 2 is 1.86 bits per heavy atom. The van der Waals surface area contributed by atoms with Gasteiger partial charge in [-0.25, -0.2) is 0 Å². The molecule has 4 aliphatic carbocycles. The molecule has 4 unspecified atom stereocenters. The van der Waals surface area contributed by atoms with E-state index in [2.05, 4.69) is 32.9 Å². The van der Waals surface area contributed by atoms with Crippen LogP contribution in [0.15, 0.2) is 11.6 Å². The number of fused-ring (bicyclic) bond motifs is 5. The summed E-state index contributed by atoms with van der Waals surface area (Å²) in [5.74, 6) is 0.725. The zero-order valence-corrected chi connectivity index (χ0v) is 12.9. The number of nitrogens with zero attached hydrogens (tertiary/aromatic N) is 2. The number of nitriles is 2. The van der Waals surface area contributed by atoms with Crippen LogP contribution in [-0.4, -0.2) is 5.78 Å². The average Bonchev–Trinajstić information content (AvgIpc) is 2.61. The number of ketones is 1. The molecular weight excluding hydrogens is 260 g/mol. The summed E-state index contributed by atoms with van der Waals surface area (Å²) in [4.78, 5) is 11.8. The van der Waals surface area contributed by atoms with Gasteiger partial charge >= 0.3 is 0 Å². The van der Waals surface area contributed by atoms with E-state index in [1.54, 1.807) is 6.08 Å². The molecule has 0 N–H and O–H groups in total. The van der Waals surface area contributed by atoms with Crippen molar-refractivity contribution in [3.05, 3.63) is 11.6 Å². The van der Waals surface area contributed by atoms with Gasteiger partial charge in [0.05, 0.1) is 12.1 Å².